The molecule has 1 aromatic heterocycles. The third-order valence-corrected chi connectivity index (χ3v) is 5.78. The van der Waals surface area contributed by atoms with Gasteiger partial charge in [-0.3, -0.25) is 9.59 Å². The van der Waals surface area contributed by atoms with Gasteiger partial charge in [-0.2, -0.15) is 0 Å². The largest absolute Gasteiger partial charge is 0.508 e. The maximum absolute atomic E-state index is 13.0. The second-order valence-corrected chi connectivity index (χ2v) is 9.13. The Balaban J connectivity index is 1.67. The van der Waals surface area contributed by atoms with Crippen LogP contribution in [0.15, 0.2) is 54.7 Å². The summed E-state index contributed by atoms with van der Waals surface area (Å²) in [4.78, 5) is 40.8. The highest BCUT2D eigenvalue weighted by molar-refractivity contribution is 5.92. The number of aromatic amines is 1. The van der Waals surface area contributed by atoms with Crippen molar-refractivity contribution in [1.82, 2.24) is 15.6 Å². The first kappa shape index (κ1) is 25.8. The zero-order valence-corrected chi connectivity index (χ0v) is 19.8. The summed E-state index contributed by atoms with van der Waals surface area (Å²) in [7, 11) is 0. The van der Waals surface area contributed by atoms with Gasteiger partial charge in [0.25, 0.3) is 0 Å². The highest BCUT2D eigenvalue weighted by atomic mass is 16.4. The van der Waals surface area contributed by atoms with Crippen molar-refractivity contribution in [2.24, 2.45) is 11.7 Å². The van der Waals surface area contributed by atoms with E-state index in [1.807, 2.05) is 44.3 Å². The minimum absolute atomic E-state index is 0.0315. The van der Waals surface area contributed by atoms with Crippen molar-refractivity contribution in [3.8, 4) is 5.75 Å². The van der Waals surface area contributed by atoms with Gasteiger partial charge in [0, 0.05) is 23.5 Å². The van der Waals surface area contributed by atoms with Crippen molar-refractivity contribution in [2.45, 2.75) is 51.2 Å². The summed E-state index contributed by atoms with van der Waals surface area (Å²) >= 11 is 0. The van der Waals surface area contributed by atoms with Crippen LogP contribution in [0.3, 0.4) is 0 Å². The molecule has 1 heterocycles. The Kier molecular flexibility index (Phi) is 8.48. The number of fused-ring (bicyclic) bond motifs is 1. The summed E-state index contributed by atoms with van der Waals surface area (Å²) in [6.45, 7) is 3.81. The summed E-state index contributed by atoms with van der Waals surface area (Å²) < 4.78 is 0. The molecule has 9 nitrogen and oxygen atoms in total. The fraction of sp³-hybridized carbons (Fsp3) is 0.346. The molecule has 3 aromatic rings. The van der Waals surface area contributed by atoms with E-state index in [1.165, 1.54) is 12.1 Å². The Morgan fingerprint density at radius 3 is 2.26 bits per heavy atom. The van der Waals surface area contributed by atoms with Crippen LogP contribution in [0.4, 0.5) is 0 Å². The summed E-state index contributed by atoms with van der Waals surface area (Å²) in [6, 6.07) is 10.8. The number of aliphatic carboxylic acids is 1. The number of carboxylic acids is 1. The smallest absolute Gasteiger partial charge is 0.326 e. The van der Waals surface area contributed by atoms with Crippen LogP contribution in [0.1, 0.15) is 31.4 Å². The molecule has 0 radical (unpaired) electrons. The molecule has 0 saturated carbocycles. The average Bonchev–Trinajstić information content (AvgIpc) is 3.21. The number of phenolic OH excluding ortho intramolecular Hbond substituents is 1. The van der Waals surface area contributed by atoms with Gasteiger partial charge in [-0.15, -0.1) is 0 Å². The Hall–Kier alpha value is -3.85. The van der Waals surface area contributed by atoms with Crippen LogP contribution in [-0.2, 0) is 27.2 Å². The van der Waals surface area contributed by atoms with E-state index in [2.05, 4.69) is 15.6 Å². The number of aromatic nitrogens is 1. The summed E-state index contributed by atoms with van der Waals surface area (Å²) in [5.74, 6) is -2.14. The SMILES string of the molecule is CC(C)CC(NC(=O)C(N)Cc1c[nH]c2ccccc12)C(=O)NC(Cc1ccc(O)cc1)C(=O)O. The van der Waals surface area contributed by atoms with Crippen LogP contribution in [0, 0.1) is 5.92 Å². The lowest BCUT2D eigenvalue weighted by Crippen LogP contribution is -2.55. The number of hydrogen-bond acceptors (Lipinski definition) is 5. The molecular formula is C26H32N4O5. The number of carbonyl (C=O) groups is 3. The first-order chi connectivity index (χ1) is 16.6. The molecule has 0 spiro atoms. The zero-order chi connectivity index (χ0) is 25.5. The van der Waals surface area contributed by atoms with Gasteiger partial charge in [0.1, 0.15) is 17.8 Å². The second kappa shape index (κ2) is 11.5. The number of hydrogen-bond donors (Lipinski definition) is 6. The highest BCUT2D eigenvalue weighted by Crippen LogP contribution is 2.19. The molecule has 3 atom stereocenters. The number of H-pyrrole nitrogens is 1. The molecule has 0 fully saturated rings. The quantitative estimate of drug-likeness (QED) is 0.247. The summed E-state index contributed by atoms with van der Waals surface area (Å²) in [5.41, 5.74) is 8.65. The molecule has 0 aliphatic heterocycles. The number of carbonyl (C=O) groups excluding carboxylic acids is 2. The lowest BCUT2D eigenvalue weighted by Gasteiger charge is -2.24. The monoisotopic (exact) mass is 480 g/mol. The van der Waals surface area contributed by atoms with Crippen molar-refractivity contribution in [2.75, 3.05) is 0 Å². The van der Waals surface area contributed by atoms with E-state index in [4.69, 9.17) is 5.73 Å². The molecule has 0 bridgehead atoms. The Morgan fingerprint density at radius 2 is 1.60 bits per heavy atom. The lowest BCUT2D eigenvalue weighted by molar-refractivity contribution is -0.142. The third kappa shape index (κ3) is 7.07. The topological polar surface area (TPSA) is 158 Å². The molecule has 186 valence electrons. The van der Waals surface area contributed by atoms with Gasteiger partial charge >= 0.3 is 5.97 Å². The number of benzene rings is 2. The van der Waals surface area contributed by atoms with Gasteiger partial charge in [0.2, 0.25) is 11.8 Å². The molecule has 2 amide bonds. The van der Waals surface area contributed by atoms with Gasteiger partial charge in [0.05, 0.1) is 6.04 Å². The number of aromatic hydroxyl groups is 1. The van der Waals surface area contributed by atoms with Crippen molar-refractivity contribution >= 4 is 28.7 Å². The number of amides is 2. The van der Waals surface area contributed by atoms with Gasteiger partial charge in [-0.05, 0) is 48.1 Å². The Bertz CT molecular complexity index is 1170. The van der Waals surface area contributed by atoms with Crippen molar-refractivity contribution in [3.63, 3.8) is 0 Å². The van der Waals surface area contributed by atoms with Crippen LogP contribution in [0.5, 0.6) is 5.75 Å². The minimum Gasteiger partial charge on any atom is -0.508 e. The zero-order valence-electron chi connectivity index (χ0n) is 19.8. The molecule has 2 aromatic carbocycles. The maximum atomic E-state index is 13.0. The van der Waals surface area contributed by atoms with Crippen LogP contribution in [0.2, 0.25) is 0 Å². The van der Waals surface area contributed by atoms with Gasteiger partial charge in [0.15, 0.2) is 0 Å². The number of nitrogens with two attached hydrogens (primary N) is 1. The number of nitrogens with one attached hydrogen (secondary N) is 3. The molecule has 7 N–H and O–H groups in total. The molecular weight excluding hydrogens is 448 g/mol. The fourth-order valence-corrected chi connectivity index (χ4v) is 3.95. The van der Waals surface area contributed by atoms with E-state index in [0.717, 1.165) is 16.5 Å². The Morgan fingerprint density at radius 1 is 0.943 bits per heavy atom. The standard InChI is InChI=1S/C26H32N4O5/c1-15(2)11-22(25(33)30-23(26(34)35)12-16-7-9-18(31)10-8-16)29-24(32)20(27)13-17-14-28-21-6-4-3-5-19(17)21/h3-10,14-15,20,22-23,28,31H,11-13,27H2,1-2H3,(H,29,32)(H,30,33)(H,34,35). The lowest BCUT2D eigenvalue weighted by atomic mass is 10.00. The predicted octanol–water partition coefficient (Wildman–Crippen LogP) is 2.09. The maximum Gasteiger partial charge on any atom is 0.326 e. The minimum atomic E-state index is -1.20. The molecule has 35 heavy (non-hydrogen) atoms. The van der Waals surface area contributed by atoms with Crippen molar-refractivity contribution in [3.05, 3.63) is 65.9 Å². The molecule has 3 rings (SSSR count). The van der Waals surface area contributed by atoms with E-state index in [-0.39, 0.29) is 24.5 Å². The predicted molar refractivity (Wildman–Crippen MR) is 133 cm³/mol. The highest BCUT2D eigenvalue weighted by Gasteiger charge is 2.29. The van der Waals surface area contributed by atoms with E-state index in [1.54, 1.807) is 12.1 Å². The molecule has 0 saturated heterocycles. The number of rotatable bonds is 11. The fourth-order valence-electron chi connectivity index (χ4n) is 3.95. The van der Waals surface area contributed by atoms with Gasteiger partial charge in [-0.25, -0.2) is 4.79 Å². The van der Waals surface area contributed by atoms with Gasteiger partial charge in [-0.1, -0.05) is 44.2 Å². The van der Waals surface area contributed by atoms with Crippen LogP contribution in [-0.4, -0.2) is 51.1 Å². The van der Waals surface area contributed by atoms with Crippen LogP contribution in [0.25, 0.3) is 10.9 Å². The average molecular weight is 481 g/mol. The van der Waals surface area contributed by atoms with E-state index in [9.17, 15) is 24.6 Å². The number of carboxylic acid groups (broad SMARTS) is 1. The van der Waals surface area contributed by atoms with Crippen molar-refractivity contribution in [1.29, 1.82) is 0 Å². The van der Waals surface area contributed by atoms with Gasteiger partial charge < -0.3 is 31.6 Å². The summed E-state index contributed by atoms with van der Waals surface area (Å²) in [5, 5.41) is 25.3. The Labute approximate surface area is 203 Å². The van der Waals surface area contributed by atoms with Crippen molar-refractivity contribution < 1.29 is 24.6 Å². The summed E-state index contributed by atoms with van der Waals surface area (Å²) in [6.07, 6.45) is 2.45. The van der Waals surface area contributed by atoms with E-state index < -0.39 is 35.9 Å². The molecule has 9 heteroatoms. The first-order valence-electron chi connectivity index (χ1n) is 11.6. The first-order valence-corrected chi connectivity index (χ1v) is 11.6. The number of para-hydroxylation sites is 1. The third-order valence-electron chi connectivity index (χ3n) is 5.78. The second-order valence-electron chi connectivity index (χ2n) is 9.13. The molecule has 0 aliphatic rings. The number of phenols is 1. The van der Waals surface area contributed by atoms with Crippen LogP contribution < -0.4 is 16.4 Å². The van der Waals surface area contributed by atoms with E-state index >= 15 is 0 Å². The van der Waals surface area contributed by atoms with E-state index in [0.29, 0.717) is 12.0 Å². The normalized spacial score (nSPS) is 13.8. The van der Waals surface area contributed by atoms with Crippen LogP contribution >= 0.6 is 0 Å². The molecule has 3 unspecified atom stereocenters. The molecule has 0 aliphatic carbocycles.